The van der Waals surface area contributed by atoms with Gasteiger partial charge in [-0.3, -0.25) is 9.59 Å². The molecule has 0 aliphatic heterocycles. The van der Waals surface area contributed by atoms with E-state index in [0.717, 1.165) is 5.56 Å². The van der Waals surface area contributed by atoms with E-state index in [4.69, 9.17) is 0 Å². The Morgan fingerprint density at radius 3 is 1.88 bits per heavy atom. The van der Waals surface area contributed by atoms with Crippen molar-refractivity contribution in [2.45, 2.75) is 66.8 Å². The smallest absolute Gasteiger partial charge is 0.239 e. The van der Waals surface area contributed by atoms with Gasteiger partial charge in [-0.1, -0.05) is 79.7 Å². The molecular formula is C21H34N2O2. The summed E-state index contributed by atoms with van der Waals surface area (Å²) in [5.74, 6) is -0.0442. The number of hydrogen-bond donors (Lipinski definition) is 2. The molecule has 4 heteroatoms. The van der Waals surface area contributed by atoms with E-state index in [1.54, 1.807) is 0 Å². The Bertz CT molecular complexity index is 590. The van der Waals surface area contributed by atoms with Gasteiger partial charge in [0.05, 0.1) is 12.6 Å². The second-order valence-corrected chi connectivity index (χ2v) is 9.09. The van der Waals surface area contributed by atoms with Crippen LogP contribution in [-0.4, -0.2) is 18.4 Å². The number of carbonyl (C=O) groups excluding carboxylic acids is 2. The van der Waals surface area contributed by atoms with Crippen molar-refractivity contribution in [2.24, 2.45) is 11.3 Å². The molecule has 0 saturated heterocycles. The number of carbonyl (C=O) groups is 2. The lowest BCUT2D eigenvalue weighted by atomic mass is 9.85. The molecule has 0 fully saturated rings. The zero-order valence-electron chi connectivity index (χ0n) is 17.0. The van der Waals surface area contributed by atoms with Gasteiger partial charge in [0.15, 0.2) is 0 Å². The lowest BCUT2D eigenvalue weighted by Gasteiger charge is -2.25. The van der Waals surface area contributed by atoms with E-state index in [2.05, 4.69) is 69.5 Å². The van der Waals surface area contributed by atoms with Gasteiger partial charge in [0.2, 0.25) is 11.8 Å². The summed E-state index contributed by atoms with van der Waals surface area (Å²) >= 11 is 0. The largest absolute Gasteiger partial charge is 0.348 e. The Morgan fingerprint density at radius 2 is 1.48 bits per heavy atom. The van der Waals surface area contributed by atoms with E-state index in [1.807, 2.05) is 20.8 Å². The minimum Gasteiger partial charge on any atom is -0.348 e. The highest BCUT2D eigenvalue weighted by Gasteiger charge is 2.23. The van der Waals surface area contributed by atoms with Crippen LogP contribution < -0.4 is 10.6 Å². The summed E-state index contributed by atoms with van der Waals surface area (Å²) < 4.78 is 0. The minimum absolute atomic E-state index is 0.000597. The molecule has 140 valence electrons. The highest BCUT2D eigenvalue weighted by molar-refractivity contribution is 5.87. The third kappa shape index (κ3) is 6.52. The lowest BCUT2D eigenvalue weighted by Crippen LogP contribution is -2.43. The van der Waals surface area contributed by atoms with E-state index < -0.39 is 5.41 Å². The van der Waals surface area contributed by atoms with Gasteiger partial charge in [-0.05, 0) is 22.5 Å². The molecule has 1 rings (SSSR count). The highest BCUT2D eigenvalue weighted by Crippen LogP contribution is 2.26. The number of amides is 2. The zero-order chi connectivity index (χ0) is 19.4. The van der Waals surface area contributed by atoms with E-state index >= 15 is 0 Å². The fourth-order valence-electron chi connectivity index (χ4n) is 2.48. The van der Waals surface area contributed by atoms with Gasteiger partial charge < -0.3 is 10.6 Å². The first-order chi connectivity index (χ1) is 11.3. The maximum Gasteiger partial charge on any atom is 0.239 e. The van der Waals surface area contributed by atoms with Crippen LogP contribution in [0.5, 0.6) is 0 Å². The van der Waals surface area contributed by atoms with Gasteiger partial charge in [0.25, 0.3) is 0 Å². The quantitative estimate of drug-likeness (QED) is 0.848. The van der Waals surface area contributed by atoms with Gasteiger partial charge in [-0.2, -0.15) is 0 Å². The van der Waals surface area contributed by atoms with Crippen LogP contribution in [0, 0.1) is 11.3 Å². The highest BCUT2D eigenvalue weighted by atomic mass is 16.2. The first kappa shape index (κ1) is 21.2. The predicted molar refractivity (Wildman–Crippen MR) is 103 cm³/mol. The number of benzene rings is 1. The monoisotopic (exact) mass is 346 g/mol. The molecule has 0 saturated carbocycles. The van der Waals surface area contributed by atoms with Crippen molar-refractivity contribution in [3.8, 4) is 0 Å². The van der Waals surface area contributed by atoms with Crippen LogP contribution in [0.25, 0.3) is 0 Å². The number of rotatable bonds is 5. The Balaban J connectivity index is 2.78. The average molecular weight is 347 g/mol. The van der Waals surface area contributed by atoms with Crippen LogP contribution >= 0.6 is 0 Å². The Labute approximate surface area is 152 Å². The molecule has 0 heterocycles. The second-order valence-electron chi connectivity index (χ2n) is 9.09. The third-order valence-corrected chi connectivity index (χ3v) is 4.21. The first-order valence-electron chi connectivity index (χ1n) is 9.00. The third-order valence-electron chi connectivity index (χ3n) is 4.21. The Kier molecular flexibility index (Phi) is 6.81. The van der Waals surface area contributed by atoms with E-state index in [-0.39, 0.29) is 35.7 Å². The van der Waals surface area contributed by atoms with Crippen molar-refractivity contribution < 1.29 is 9.59 Å². The molecular weight excluding hydrogens is 312 g/mol. The topological polar surface area (TPSA) is 58.2 Å². The van der Waals surface area contributed by atoms with Crippen LogP contribution in [0.2, 0.25) is 0 Å². The number of hydrogen-bond acceptors (Lipinski definition) is 2. The van der Waals surface area contributed by atoms with Crippen molar-refractivity contribution in [3.63, 3.8) is 0 Å². The predicted octanol–water partition coefficient (Wildman–Crippen LogP) is 3.96. The maximum atomic E-state index is 12.3. The molecule has 4 nitrogen and oxygen atoms in total. The van der Waals surface area contributed by atoms with Gasteiger partial charge in [-0.25, -0.2) is 0 Å². The fourth-order valence-corrected chi connectivity index (χ4v) is 2.48. The summed E-state index contributed by atoms with van der Waals surface area (Å²) in [6.07, 6.45) is 0. The molecule has 25 heavy (non-hydrogen) atoms. The molecule has 1 aromatic rings. The van der Waals surface area contributed by atoms with Gasteiger partial charge in [-0.15, -0.1) is 0 Å². The van der Waals surface area contributed by atoms with Gasteiger partial charge in [0.1, 0.15) is 0 Å². The SMILES string of the molecule is CC(C)C(NC(=O)CNC(=O)C(C)(C)C)c1ccc(C(C)(C)C)cc1. The second kappa shape index (κ2) is 8.03. The lowest BCUT2D eigenvalue weighted by molar-refractivity contribution is -0.131. The van der Waals surface area contributed by atoms with Crippen molar-refractivity contribution in [2.75, 3.05) is 6.54 Å². The normalized spacial score (nSPS) is 13.5. The summed E-state index contributed by atoms with van der Waals surface area (Å²) in [6, 6.07) is 8.34. The number of nitrogens with one attached hydrogen (secondary N) is 2. The molecule has 0 bridgehead atoms. The van der Waals surface area contributed by atoms with Crippen molar-refractivity contribution in [3.05, 3.63) is 35.4 Å². The van der Waals surface area contributed by atoms with E-state index in [0.29, 0.717) is 0 Å². The maximum absolute atomic E-state index is 12.3. The standard InChI is InChI=1S/C21H34N2O2/c1-14(2)18(15-9-11-16(12-10-15)20(3,4)5)23-17(24)13-22-19(25)21(6,7)8/h9-12,14,18H,13H2,1-8H3,(H,22,25)(H,23,24). The molecule has 1 atom stereocenters. The summed E-state index contributed by atoms with van der Waals surface area (Å²) in [5.41, 5.74) is 1.95. The molecule has 2 amide bonds. The molecule has 0 aliphatic rings. The van der Waals surface area contributed by atoms with Crippen molar-refractivity contribution in [1.29, 1.82) is 0 Å². The van der Waals surface area contributed by atoms with Crippen molar-refractivity contribution in [1.82, 2.24) is 10.6 Å². The Hall–Kier alpha value is -1.84. The molecule has 0 spiro atoms. The molecule has 1 aromatic carbocycles. The van der Waals surface area contributed by atoms with Gasteiger partial charge >= 0.3 is 0 Å². The Morgan fingerprint density at radius 1 is 0.960 bits per heavy atom. The molecule has 0 aromatic heterocycles. The summed E-state index contributed by atoms with van der Waals surface area (Å²) in [7, 11) is 0. The molecule has 0 aliphatic carbocycles. The van der Waals surface area contributed by atoms with Crippen LogP contribution in [0.1, 0.15) is 72.6 Å². The van der Waals surface area contributed by atoms with E-state index in [1.165, 1.54) is 5.56 Å². The zero-order valence-corrected chi connectivity index (χ0v) is 17.0. The summed E-state index contributed by atoms with van der Waals surface area (Å²) in [5, 5.41) is 5.74. The van der Waals surface area contributed by atoms with Crippen LogP contribution in [-0.2, 0) is 15.0 Å². The summed E-state index contributed by atoms with van der Waals surface area (Å²) in [4.78, 5) is 24.2. The summed E-state index contributed by atoms with van der Waals surface area (Å²) in [6.45, 7) is 16.2. The van der Waals surface area contributed by atoms with Crippen molar-refractivity contribution >= 4 is 11.8 Å². The van der Waals surface area contributed by atoms with Crippen LogP contribution in [0.4, 0.5) is 0 Å². The molecule has 1 unspecified atom stereocenters. The minimum atomic E-state index is -0.499. The molecule has 0 radical (unpaired) electrons. The van der Waals surface area contributed by atoms with E-state index in [9.17, 15) is 9.59 Å². The first-order valence-corrected chi connectivity index (χ1v) is 9.00. The molecule has 2 N–H and O–H groups in total. The van der Waals surface area contributed by atoms with Gasteiger partial charge in [0, 0.05) is 5.41 Å². The van der Waals surface area contributed by atoms with Crippen LogP contribution in [0.15, 0.2) is 24.3 Å². The average Bonchev–Trinajstić information content (AvgIpc) is 2.48. The fraction of sp³-hybridized carbons (Fsp3) is 0.619. The van der Waals surface area contributed by atoms with Crippen LogP contribution in [0.3, 0.4) is 0 Å².